The lowest BCUT2D eigenvalue weighted by Gasteiger charge is -2.27. The summed E-state index contributed by atoms with van der Waals surface area (Å²) in [5, 5.41) is 11.8. The maximum atomic E-state index is 6.12. The van der Waals surface area contributed by atoms with E-state index in [1.807, 2.05) is 32.0 Å². The van der Waals surface area contributed by atoms with Crippen molar-refractivity contribution in [2.75, 3.05) is 31.7 Å². The van der Waals surface area contributed by atoms with E-state index in [9.17, 15) is 0 Å². The van der Waals surface area contributed by atoms with Crippen LogP contribution in [0.2, 0.25) is 0 Å². The predicted molar refractivity (Wildman–Crippen MR) is 107 cm³/mol. The maximum Gasteiger partial charge on any atom is 0.225 e. The molecular formula is C20H25N5O3. The highest BCUT2D eigenvalue weighted by molar-refractivity contribution is 5.96. The van der Waals surface area contributed by atoms with Crippen LogP contribution < -0.4 is 10.1 Å². The third-order valence-electron chi connectivity index (χ3n) is 4.65. The Bertz CT molecular complexity index is 925. The smallest absolute Gasteiger partial charge is 0.225 e. The zero-order valence-corrected chi connectivity index (χ0v) is 16.1. The van der Waals surface area contributed by atoms with E-state index in [0.29, 0.717) is 38.3 Å². The van der Waals surface area contributed by atoms with E-state index in [1.54, 1.807) is 12.4 Å². The highest BCUT2D eigenvalue weighted by Crippen LogP contribution is 2.33. The second-order valence-corrected chi connectivity index (χ2v) is 6.83. The van der Waals surface area contributed by atoms with Gasteiger partial charge in [0.2, 0.25) is 5.88 Å². The molecule has 0 amide bonds. The largest absolute Gasteiger partial charge is 0.474 e. The fraction of sp³-hybridized carbons (Fsp3) is 0.450. The molecule has 0 aliphatic carbocycles. The summed E-state index contributed by atoms with van der Waals surface area (Å²) in [5.41, 5.74) is 2.63. The third-order valence-corrected chi connectivity index (χ3v) is 4.65. The average molecular weight is 383 g/mol. The van der Waals surface area contributed by atoms with Crippen LogP contribution in [0, 0.1) is 0 Å². The molecule has 0 aromatic carbocycles. The fourth-order valence-corrected chi connectivity index (χ4v) is 3.06. The standard InChI is InChI=1S/C20H25N5O3/c1-3-26-9-6-13(2)28-20-18-16(5-8-22-20)24-25-19(18)14-4-7-21-17(10-14)23-15-11-27-12-15/h4-5,7-8,10,13,15H,3,6,9,11-12H2,1-2H3,(H,21,23)(H,24,25). The second kappa shape index (κ2) is 8.53. The molecule has 2 N–H and O–H groups in total. The molecule has 1 fully saturated rings. The van der Waals surface area contributed by atoms with E-state index >= 15 is 0 Å². The van der Waals surface area contributed by atoms with Gasteiger partial charge in [0.05, 0.1) is 42.9 Å². The summed E-state index contributed by atoms with van der Waals surface area (Å²) < 4.78 is 16.8. The Morgan fingerprint density at radius 2 is 2.14 bits per heavy atom. The van der Waals surface area contributed by atoms with Crippen molar-refractivity contribution in [3.8, 4) is 17.1 Å². The van der Waals surface area contributed by atoms with Crippen molar-refractivity contribution in [3.05, 3.63) is 30.6 Å². The van der Waals surface area contributed by atoms with Crippen LogP contribution in [0.25, 0.3) is 22.2 Å². The summed E-state index contributed by atoms with van der Waals surface area (Å²) in [4.78, 5) is 8.85. The lowest BCUT2D eigenvalue weighted by Crippen LogP contribution is -2.40. The van der Waals surface area contributed by atoms with Gasteiger partial charge in [-0.2, -0.15) is 5.10 Å². The maximum absolute atomic E-state index is 6.12. The van der Waals surface area contributed by atoms with Gasteiger partial charge >= 0.3 is 0 Å². The molecule has 0 bridgehead atoms. The molecular weight excluding hydrogens is 358 g/mol. The van der Waals surface area contributed by atoms with Gasteiger partial charge in [-0.25, -0.2) is 9.97 Å². The van der Waals surface area contributed by atoms with Crippen LogP contribution in [-0.4, -0.2) is 58.7 Å². The normalized spacial score (nSPS) is 15.4. The molecule has 8 nitrogen and oxygen atoms in total. The van der Waals surface area contributed by atoms with Gasteiger partial charge in [0.25, 0.3) is 0 Å². The van der Waals surface area contributed by atoms with Crippen LogP contribution in [0.15, 0.2) is 30.6 Å². The monoisotopic (exact) mass is 383 g/mol. The SMILES string of the molecule is CCOCCC(C)Oc1nccc2[nH]nc(-c3ccnc(NC4COC4)c3)c12. The van der Waals surface area contributed by atoms with Gasteiger partial charge in [0.15, 0.2) is 0 Å². The molecule has 1 unspecified atom stereocenters. The van der Waals surface area contributed by atoms with Gasteiger partial charge in [-0.3, -0.25) is 5.10 Å². The van der Waals surface area contributed by atoms with Crippen molar-refractivity contribution >= 4 is 16.7 Å². The minimum absolute atomic E-state index is 0.0133. The Hall–Kier alpha value is -2.71. The van der Waals surface area contributed by atoms with E-state index in [-0.39, 0.29) is 6.10 Å². The Morgan fingerprint density at radius 3 is 2.93 bits per heavy atom. The van der Waals surface area contributed by atoms with Crippen LogP contribution in [0.4, 0.5) is 5.82 Å². The number of hydrogen-bond donors (Lipinski definition) is 2. The molecule has 4 rings (SSSR count). The van der Waals surface area contributed by atoms with Gasteiger partial charge in [-0.05, 0) is 32.0 Å². The number of aromatic nitrogens is 4. The van der Waals surface area contributed by atoms with Crippen molar-refractivity contribution in [1.82, 2.24) is 20.2 Å². The molecule has 0 spiro atoms. The third kappa shape index (κ3) is 4.07. The fourth-order valence-electron chi connectivity index (χ4n) is 3.06. The van der Waals surface area contributed by atoms with Crippen LogP contribution in [-0.2, 0) is 9.47 Å². The van der Waals surface area contributed by atoms with Crippen LogP contribution in [0.3, 0.4) is 0 Å². The molecule has 1 aliphatic heterocycles. The zero-order valence-electron chi connectivity index (χ0n) is 16.1. The summed E-state index contributed by atoms with van der Waals surface area (Å²) in [6, 6.07) is 6.14. The van der Waals surface area contributed by atoms with Gasteiger partial charge < -0.3 is 19.5 Å². The molecule has 3 aromatic heterocycles. The molecule has 3 aromatic rings. The van der Waals surface area contributed by atoms with Crippen molar-refractivity contribution < 1.29 is 14.2 Å². The number of fused-ring (bicyclic) bond motifs is 1. The van der Waals surface area contributed by atoms with Gasteiger partial charge in [-0.15, -0.1) is 0 Å². The lowest BCUT2D eigenvalue weighted by molar-refractivity contribution is 0.0209. The van der Waals surface area contributed by atoms with Gasteiger partial charge in [0.1, 0.15) is 11.5 Å². The summed E-state index contributed by atoms with van der Waals surface area (Å²) in [5.74, 6) is 1.38. The van der Waals surface area contributed by atoms with E-state index < -0.39 is 0 Å². The first kappa shape index (κ1) is 18.6. The highest BCUT2D eigenvalue weighted by Gasteiger charge is 2.20. The molecule has 28 heavy (non-hydrogen) atoms. The molecule has 4 heterocycles. The number of nitrogens with zero attached hydrogens (tertiary/aromatic N) is 3. The number of rotatable bonds is 9. The number of anilines is 1. The number of hydrogen-bond acceptors (Lipinski definition) is 7. The Kier molecular flexibility index (Phi) is 5.68. The molecule has 1 aliphatic rings. The summed E-state index contributed by atoms with van der Waals surface area (Å²) >= 11 is 0. The molecule has 1 atom stereocenters. The number of ether oxygens (including phenoxy) is 3. The number of pyridine rings is 2. The second-order valence-electron chi connectivity index (χ2n) is 6.83. The molecule has 1 saturated heterocycles. The number of H-pyrrole nitrogens is 1. The van der Waals surface area contributed by atoms with E-state index in [4.69, 9.17) is 14.2 Å². The summed E-state index contributed by atoms with van der Waals surface area (Å²) in [6.07, 6.45) is 4.29. The Morgan fingerprint density at radius 1 is 1.29 bits per heavy atom. The van der Waals surface area contributed by atoms with Crippen molar-refractivity contribution in [3.63, 3.8) is 0 Å². The molecule has 148 valence electrons. The highest BCUT2D eigenvalue weighted by atomic mass is 16.5. The van der Waals surface area contributed by atoms with Crippen molar-refractivity contribution in [2.45, 2.75) is 32.4 Å². The first-order chi connectivity index (χ1) is 13.7. The number of nitrogens with one attached hydrogen (secondary N) is 2. The van der Waals surface area contributed by atoms with Crippen molar-refractivity contribution in [1.29, 1.82) is 0 Å². The van der Waals surface area contributed by atoms with E-state index in [1.165, 1.54) is 0 Å². The zero-order chi connectivity index (χ0) is 19.3. The Labute approximate surface area is 163 Å². The van der Waals surface area contributed by atoms with Gasteiger partial charge in [0, 0.05) is 31.0 Å². The lowest BCUT2D eigenvalue weighted by atomic mass is 10.1. The Balaban J connectivity index is 1.60. The predicted octanol–water partition coefficient (Wildman–Crippen LogP) is 3.02. The minimum atomic E-state index is -0.0133. The van der Waals surface area contributed by atoms with E-state index in [0.717, 1.165) is 34.4 Å². The summed E-state index contributed by atoms with van der Waals surface area (Å²) in [6.45, 7) is 6.79. The topological polar surface area (TPSA) is 94.2 Å². The summed E-state index contributed by atoms with van der Waals surface area (Å²) in [7, 11) is 0. The average Bonchev–Trinajstić information content (AvgIpc) is 3.10. The van der Waals surface area contributed by atoms with Crippen LogP contribution in [0.1, 0.15) is 20.3 Å². The quantitative estimate of drug-likeness (QED) is 0.549. The number of aromatic amines is 1. The van der Waals surface area contributed by atoms with Crippen LogP contribution in [0.5, 0.6) is 5.88 Å². The van der Waals surface area contributed by atoms with Crippen molar-refractivity contribution in [2.24, 2.45) is 0 Å². The molecule has 8 heteroatoms. The first-order valence-corrected chi connectivity index (χ1v) is 9.62. The minimum Gasteiger partial charge on any atom is -0.474 e. The molecule has 0 radical (unpaired) electrons. The van der Waals surface area contributed by atoms with Crippen LogP contribution >= 0.6 is 0 Å². The van der Waals surface area contributed by atoms with E-state index in [2.05, 4.69) is 25.5 Å². The molecule has 0 saturated carbocycles. The first-order valence-electron chi connectivity index (χ1n) is 9.62. The van der Waals surface area contributed by atoms with Gasteiger partial charge in [-0.1, -0.05) is 0 Å².